The molecule has 11 heteroatoms. The van der Waals surface area contributed by atoms with Crippen molar-refractivity contribution in [3.63, 3.8) is 0 Å². The van der Waals surface area contributed by atoms with Crippen LogP contribution in [-0.4, -0.2) is 117 Å². The number of piperidine rings is 1. The molecule has 1 aliphatic carbocycles. The molecule has 3 fully saturated rings. The molecule has 2 aliphatic heterocycles. The lowest BCUT2D eigenvalue weighted by atomic mass is 9.85. The van der Waals surface area contributed by atoms with E-state index in [0.717, 1.165) is 74.3 Å². The molecule has 6 rings (SSSR count). The average molecular weight is 966 g/mol. The Kier molecular flexibility index (Phi) is 22.1. The van der Waals surface area contributed by atoms with Crippen molar-refractivity contribution < 1.29 is 28.7 Å². The molecule has 0 bridgehead atoms. The van der Waals surface area contributed by atoms with E-state index in [4.69, 9.17) is 14.5 Å². The van der Waals surface area contributed by atoms with E-state index in [0.29, 0.717) is 42.2 Å². The fraction of sp³-hybridized carbons (Fsp3) is 0.695. The number of amides is 1. The Morgan fingerprint density at radius 2 is 1.43 bits per heavy atom. The van der Waals surface area contributed by atoms with Crippen LogP contribution in [0.2, 0.25) is 0 Å². The number of aliphatic carboxylic acids is 1. The highest BCUT2D eigenvalue weighted by atomic mass is 16.5. The van der Waals surface area contributed by atoms with Gasteiger partial charge in [0.25, 0.3) is 5.91 Å². The highest BCUT2D eigenvalue weighted by Gasteiger charge is 2.35. The number of hydrogen-bond acceptors (Lipinski definition) is 8. The van der Waals surface area contributed by atoms with Crippen molar-refractivity contribution in [1.29, 1.82) is 0 Å². The second-order valence-corrected chi connectivity index (χ2v) is 22.8. The molecule has 0 spiro atoms. The van der Waals surface area contributed by atoms with Gasteiger partial charge >= 0.3 is 5.97 Å². The second kappa shape index (κ2) is 28.1. The van der Waals surface area contributed by atoms with E-state index >= 15 is 0 Å². The van der Waals surface area contributed by atoms with E-state index in [1.807, 2.05) is 60.4 Å². The Morgan fingerprint density at radius 1 is 0.814 bits per heavy atom. The molecule has 11 nitrogen and oxygen atoms in total. The summed E-state index contributed by atoms with van der Waals surface area (Å²) < 4.78 is 13.3. The Hall–Kier alpha value is -4.22. The van der Waals surface area contributed by atoms with E-state index in [1.54, 1.807) is 13.3 Å². The number of unbranched alkanes of at least 4 members (excludes halogenated alkanes) is 15. The predicted molar refractivity (Wildman–Crippen MR) is 287 cm³/mol. The minimum atomic E-state index is -0.765. The number of benzene rings is 1. The number of pyridine rings is 2. The van der Waals surface area contributed by atoms with Gasteiger partial charge in [-0.25, -0.2) is 9.97 Å². The van der Waals surface area contributed by atoms with E-state index in [-0.39, 0.29) is 23.7 Å². The summed E-state index contributed by atoms with van der Waals surface area (Å²) in [5.74, 6) is 1.94. The van der Waals surface area contributed by atoms with Gasteiger partial charge in [-0.15, -0.1) is 0 Å². The number of carboxylic acid groups (broad SMARTS) is 1. The molecule has 388 valence electrons. The number of ether oxygens (including phenoxy) is 2. The normalized spacial score (nSPS) is 17.1. The van der Waals surface area contributed by atoms with Gasteiger partial charge in [0.15, 0.2) is 0 Å². The number of carboxylic acids is 1. The molecule has 4 heterocycles. The first-order chi connectivity index (χ1) is 33.8. The van der Waals surface area contributed by atoms with Crippen LogP contribution in [0.1, 0.15) is 183 Å². The van der Waals surface area contributed by atoms with Crippen molar-refractivity contribution in [2.45, 2.75) is 168 Å². The number of methoxy groups -OCH3 is 1. The fourth-order valence-electron chi connectivity index (χ4n) is 11.0. The Balaban J connectivity index is 0.897. The molecule has 1 saturated carbocycles. The van der Waals surface area contributed by atoms with Gasteiger partial charge in [-0.1, -0.05) is 110 Å². The zero-order valence-electron chi connectivity index (χ0n) is 44.6. The zero-order chi connectivity index (χ0) is 49.8. The Labute approximate surface area is 423 Å². The minimum Gasteiger partial charge on any atom is -0.497 e. The van der Waals surface area contributed by atoms with E-state index < -0.39 is 5.97 Å². The first-order valence-electron chi connectivity index (χ1n) is 27.8. The largest absolute Gasteiger partial charge is 0.497 e. The average Bonchev–Trinajstić information content (AvgIpc) is 4.20. The van der Waals surface area contributed by atoms with Gasteiger partial charge in [-0.05, 0) is 118 Å². The molecular weight excluding hydrogens is 873 g/mol. The Morgan fingerprint density at radius 3 is 2.01 bits per heavy atom. The SMILES string of the molecule is COc1ccc(C(=O)N(CC(C)(C)CCCCCCCCCCCCCCCCCC[N+]2(C)CCN(C)CC2)c2cccc(C)n2)c(N2CCC(COc3cc([C@@H](CC(=O)O)C4CC4)ccn3)CC2)c1. The maximum absolute atomic E-state index is 14.9. The molecule has 2 aromatic heterocycles. The molecule has 0 unspecified atom stereocenters. The number of aromatic nitrogens is 2. The van der Waals surface area contributed by atoms with E-state index in [9.17, 15) is 14.7 Å². The third-order valence-electron chi connectivity index (χ3n) is 16.0. The number of nitrogens with zero attached hydrogens (tertiary/aromatic N) is 6. The van der Waals surface area contributed by atoms with Gasteiger partial charge in [-0.3, -0.25) is 19.4 Å². The number of carbonyl (C=O) groups excluding carboxylic acids is 1. The molecule has 3 aliphatic rings. The third-order valence-corrected chi connectivity index (χ3v) is 16.0. The van der Waals surface area contributed by atoms with Crippen molar-refractivity contribution in [1.82, 2.24) is 14.9 Å². The maximum atomic E-state index is 14.9. The minimum absolute atomic E-state index is 0.00599. The number of quaternary nitrogens is 1. The van der Waals surface area contributed by atoms with Crippen LogP contribution in [0.4, 0.5) is 11.5 Å². The Bertz CT molecular complexity index is 2020. The van der Waals surface area contributed by atoms with Crippen molar-refractivity contribution in [2.24, 2.45) is 17.3 Å². The van der Waals surface area contributed by atoms with Crippen molar-refractivity contribution in [3.05, 3.63) is 71.5 Å². The topological polar surface area (TPSA) is 108 Å². The molecular formula is C59H93N6O5+. The first-order valence-corrected chi connectivity index (χ1v) is 27.8. The fourth-order valence-corrected chi connectivity index (χ4v) is 11.0. The first kappa shape index (κ1) is 55.1. The van der Waals surface area contributed by atoms with Gasteiger partial charge < -0.3 is 24.0 Å². The van der Waals surface area contributed by atoms with Gasteiger partial charge in [0.05, 0.1) is 58.1 Å². The van der Waals surface area contributed by atoms with E-state index in [2.05, 4.69) is 42.7 Å². The van der Waals surface area contributed by atoms with Gasteiger partial charge in [-0.2, -0.15) is 0 Å². The number of hydrogen-bond donors (Lipinski definition) is 1. The summed E-state index contributed by atoms with van der Waals surface area (Å²) in [5.41, 5.74) is 3.35. The summed E-state index contributed by atoms with van der Waals surface area (Å²) in [6.45, 7) is 15.8. The summed E-state index contributed by atoms with van der Waals surface area (Å²) in [4.78, 5) is 42.6. The zero-order valence-corrected chi connectivity index (χ0v) is 44.6. The smallest absolute Gasteiger partial charge is 0.303 e. The molecule has 0 radical (unpaired) electrons. The molecule has 1 amide bonds. The van der Waals surface area contributed by atoms with Gasteiger partial charge in [0.1, 0.15) is 11.6 Å². The summed E-state index contributed by atoms with van der Waals surface area (Å²) >= 11 is 0. The van der Waals surface area contributed by atoms with Crippen molar-refractivity contribution in [2.75, 3.05) is 90.0 Å². The summed E-state index contributed by atoms with van der Waals surface area (Å²) in [7, 11) is 6.40. The van der Waals surface area contributed by atoms with Gasteiger partial charge in [0.2, 0.25) is 5.88 Å². The summed E-state index contributed by atoms with van der Waals surface area (Å²) in [5, 5.41) is 9.52. The number of carbonyl (C=O) groups is 2. The van der Waals surface area contributed by atoms with Crippen LogP contribution in [0.5, 0.6) is 11.6 Å². The number of aryl methyl sites for hydroxylation is 1. The van der Waals surface area contributed by atoms with Crippen LogP contribution in [0.3, 0.4) is 0 Å². The van der Waals surface area contributed by atoms with Crippen LogP contribution in [0.25, 0.3) is 0 Å². The summed E-state index contributed by atoms with van der Waals surface area (Å²) in [6, 6.07) is 15.7. The highest BCUT2D eigenvalue weighted by molar-refractivity contribution is 6.09. The van der Waals surface area contributed by atoms with Crippen molar-refractivity contribution >= 4 is 23.4 Å². The molecule has 2 saturated heterocycles. The number of piperazine rings is 1. The van der Waals surface area contributed by atoms with Crippen molar-refractivity contribution in [3.8, 4) is 11.6 Å². The molecule has 1 atom stereocenters. The van der Waals surface area contributed by atoms with E-state index in [1.165, 1.54) is 134 Å². The monoisotopic (exact) mass is 966 g/mol. The van der Waals surface area contributed by atoms with Crippen LogP contribution in [0, 0.1) is 24.2 Å². The highest BCUT2D eigenvalue weighted by Crippen LogP contribution is 2.45. The third kappa shape index (κ3) is 18.4. The molecule has 1 N–H and O–H groups in total. The second-order valence-electron chi connectivity index (χ2n) is 22.8. The number of anilines is 2. The molecule has 1 aromatic carbocycles. The standard InChI is InChI=1S/C59H92N6O5/c1-47-24-23-25-55(61-47)64(46-59(2,3)33-21-19-17-15-13-11-9-7-8-10-12-14-16-18-20-22-39-65(5)40-37-62(4)38-41-65)58(68)52-29-28-51(69-6)43-54(52)63-35-31-48(32-36-63)45-70-56-42-50(30-34-60-56)53(44-57(66)67)49-26-27-49/h23-25,28-30,34,42-43,48-49,53H,7-22,26-27,31-33,35-41,44-46H2,1-6H3/p+1/t53-/m0/s1. The number of rotatable bonds is 32. The number of likely N-dealkylation sites (N-methyl/N-ethyl adjacent to an activating group) is 2. The maximum Gasteiger partial charge on any atom is 0.303 e. The van der Waals surface area contributed by atoms with Crippen LogP contribution < -0.4 is 19.3 Å². The van der Waals surface area contributed by atoms with Crippen LogP contribution in [0.15, 0.2) is 54.7 Å². The summed E-state index contributed by atoms with van der Waals surface area (Å²) in [6.07, 6.45) is 28.7. The lowest BCUT2D eigenvalue weighted by molar-refractivity contribution is -0.913. The van der Waals surface area contributed by atoms with Gasteiger partial charge in [0, 0.05) is 56.7 Å². The van der Waals surface area contributed by atoms with Crippen LogP contribution >= 0.6 is 0 Å². The predicted octanol–water partition coefficient (Wildman–Crippen LogP) is 12.8. The lowest BCUT2D eigenvalue weighted by Gasteiger charge is -2.41. The van der Waals surface area contributed by atoms with Crippen LogP contribution in [-0.2, 0) is 4.79 Å². The quantitative estimate of drug-likeness (QED) is 0.0483. The molecule has 3 aromatic rings. The lowest BCUT2D eigenvalue weighted by Crippen LogP contribution is -2.56. The molecule has 70 heavy (non-hydrogen) atoms.